The highest BCUT2D eigenvalue weighted by Gasteiger charge is 2.09. The van der Waals surface area contributed by atoms with Gasteiger partial charge in [-0.05, 0) is 11.8 Å². The van der Waals surface area contributed by atoms with Gasteiger partial charge < -0.3 is 4.79 Å². The average molecular weight is 193 g/mol. The number of carbonyl (C=O) groups is 1. The fourth-order valence-electron chi connectivity index (χ4n) is 0.637. The Bertz CT molecular complexity index is 81.0. The van der Waals surface area contributed by atoms with Gasteiger partial charge in [0.15, 0.2) is 0 Å². The van der Waals surface area contributed by atoms with Crippen LogP contribution in [0, 0.1) is 11.8 Å². The van der Waals surface area contributed by atoms with Crippen molar-refractivity contribution >= 4 is 22.2 Å². The predicted molar refractivity (Wildman–Crippen MR) is 42.8 cm³/mol. The van der Waals surface area contributed by atoms with Crippen LogP contribution in [-0.4, -0.2) is 11.6 Å². The first kappa shape index (κ1) is 9.15. The smallest absolute Gasteiger partial charge is 0.120 e. The quantitative estimate of drug-likeness (QED) is 0.494. The zero-order valence-corrected chi connectivity index (χ0v) is 7.52. The minimum Gasteiger partial charge on any atom is -0.303 e. The average Bonchev–Trinajstić information content (AvgIpc) is 1.82. The molecular weight excluding hydrogens is 180 g/mol. The molecule has 0 aromatic rings. The van der Waals surface area contributed by atoms with E-state index >= 15 is 0 Å². The number of hydrogen-bond donors (Lipinski definition) is 0. The molecule has 1 unspecified atom stereocenters. The Hall–Kier alpha value is 0.150. The molecule has 0 aromatic heterocycles. The summed E-state index contributed by atoms with van der Waals surface area (Å²) in [5.41, 5.74) is 0. The molecule has 0 saturated heterocycles. The van der Waals surface area contributed by atoms with Crippen LogP contribution in [-0.2, 0) is 4.79 Å². The van der Waals surface area contributed by atoms with Crippen LogP contribution < -0.4 is 0 Å². The summed E-state index contributed by atoms with van der Waals surface area (Å²) in [6, 6.07) is 0. The fraction of sp³-hybridized carbons (Fsp3) is 0.857. The van der Waals surface area contributed by atoms with Crippen molar-refractivity contribution in [1.82, 2.24) is 0 Å². The van der Waals surface area contributed by atoms with Gasteiger partial charge in [0.1, 0.15) is 6.29 Å². The molecular formula is C7H13BrO. The van der Waals surface area contributed by atoms with Crippen LogP contribution in [0.3, 0.4) is 0 Å². The van der Waals surface area contributed by atoms with Gasteiger partial charge in [-0.3, -0.25) is 0 Å². The maximum Gasteiger partial charge on any atom is 0.120 e. The SMILES string of the molecule is CC(C)C(CBr)CC=O. The molecule has 0 radical (unpaired) electrons. The molecule has 9 heavy (non-hydrogen) atoms. The lowest BCUT2D eigenvalue weighted by Crippen LogP contribution is -2.10. The monoisotopic (exact) mass is 192 g/mol. The number of hydrogen-bond acceptors (Lipinski definition) is 1. The lowest BCUT2D eigenvalue weighted by Gasteiger charge is -2.13. The van der Waals surface area contributed by atoms with Crippen molar-refractivity contribution in [3.63, 3.8) is 0 Å². The van der Waals surface area contributed by atoms with E-state index in [-0.39, 0.29) is 0 Å². The summed E-state index contributed by atoms with van der Waals surface area (Å²) >= 11 is 3.36. The molecule has 0 fully saturated rings. The lowest BCUT2D eigenvalue weighted by molar-refractivity contribution is -0.108. The van der Waals surface area contributed by atoms with E-state index in [1.54, 1.807) is 0 Å². The van der Waals surface area contributed by atoms with Gasteiger partial charge >= 0.3 is 0 Å². The highest BCUT2D eigenvalue weighted by molar-refractivity contribution is 9.09. The van der Waals surface area contributed by atoms with Crippen molar-refractivity contribution in [2.75, 3.05) is 5.33 Å². The Morgan fingerprint density at radius 1 is 1.56 bits per heavy atom. The molecule has 0 aliphatic carbocycles. The van der Waals surface area contributed by atoms with Gasteiger partial charge in [0.25, 0.3) is 0 Å². The van der Waals surface area contributed by atoms with Crippen LogP contribution in [0.25, 0.3) is 0 Å². The standard InChI is InChI=1S/C7H13BrO/c1-6(2)7(5-8)3-4-9/h4,6-7H,3,5H2,1-2H3. The number of carbonyl (C=O) groups excluding carboxylic acids is 1. The van der Waals surface area contributed by atoms with Crippen molar-refractivity contribution < 1.29 is 4.79 Å². The highest BCUT2D eigenvalue weighted by atomic mass is 79.9. The largest absolute Gasteiger partial charge is 0.303 e. The second-order valence-electron chi connectivity index (χ2n) is 2.56. The molecule has 0 saturated carbocycles. The van der Waals surface area contributed by atoms with Gasteiger partial charge in [-0.1, -0.05) is 29.8 Å². The van der Waals surface area contributed by atoms with E-state index in [1.165, 1.54) is 0 Å². The van der Waals surface area contributed by atoms with E-state index in [0.29, 0.717) is 18.3 Å². The Morgan fingerprint density at radius 2 is 2.11 bits per heavy atom. The molecule has 0 rings (SSSR count). The predicted octanol–water partition coefficient (Wildman–Crippen LogP) is 2.24. The minimum atomic E-state index is 0.516. The summed E-state index contributed by atoms with van der Waals surface area (Å²) in [6.45, 7) is 4.27. The first-order valence-electron chi connectivity index (χ1n) is 3.22. The van der Waals surface area contributed by atoms with Crippen LogP contribution in [0.5, 0.6) is 0 Å². The van der Waals surface area contributed by atoms with Gasteiger partial charge in [-0.25, -0.2) is 0 Å². The van der Waals surface area contributed by atoms with Crippen molar-refractivity contribution in [2.24, 2.45) is 11.8 Å². The first-order valence-corrected chi connectivity index (χ1v) is 4.34. The van der Waals surface area contributed by atoms with Crippen LogP contribution in [0.1, 0.15) is 20.3 Å². The van der Waals surface area contributed by atoms with E-state index in [0.717, 1.165) is 11.6 Å². The molecule has 0 heterocycles. The normalized spacial score (nSPS) is 13.8. The summed E-state index contributed by atoms with van der Waals surface area (Å²) in [5.74, 6) is 1.12. The molecule has 2 heteroatoms. The fourth-order valence-corrected chi connectivity index (χ4v) is 1.65. The van der Waals surface area contributed by atoms with Crippen molar-refractivity contribution in [3.8, 4) is 0 Å². The van der Waals surface area contributed by atoms with E-state index in [4.69, 9.17) is 0 Å². The Kier molecular flexibility index (Phi) is 5.06. The van der Waals surface area contributed by atoms with Crippen molar-refractivity contribution in [2.45, 2.75) is 20.3 Å². The topological polar surface area (TPSA) is 17.1 Å². The number of halogens is 1. The Labute approximate surface area is 65.0 Å². The second-order valence-corrected chi connectivity index (χ2v) is 3.21. The van der Waals surface area contributed by atoms with Gasteiger partial charge in [0.2, 0.25) is 0 Å². The Balaban J connectivity index is 3.53. The van der Waals surface area contributed by atoms with Gasteiger partial charge in [0, 0.05) is 11.8 Å². The third kappa shape index (κ3) is 3.68. The lowest BCUT2D eigenvalue weighted by atomic mass is 9.96. The highest BCUT2D eigenvalue weighted by Crippen LogP contribution is 2.15. The van der Waals surface area contributed by atoms with Gasteiger partial charge in [-0.15, -0.1) is 0 Å². The molecule has 1 atom stereocenters. The van der Waals surface area contributed by atoms with E-state index in [2.05, 4.69) is 29.8 Å². The van der Waals surface area contributed by atoms with Crippen LogP contribution in [0.15, 0.2) is 0 Å². The van der Waals surface area contributed by atoms with Crippen LogP contribution >= 0.6 is 15.9 Å². The molecule has 1 nitrogen and oxygen atoms in total. The van der Waals surface area contributed by atoms with Gasteiger partial charge in [0.05, 0.1) is 0 Å². The zero-order valence-electron chi connectivity index (χ0n) is 5.93. The summed E-state index contributed by atoms with van der Waals surface area (Å²) < 4.78 is 0. The molecule has 0 spiro atoms. The molecule has 54 valence electrons. The van der Waals surface area contributed by atoms with E-state index < -0.39 is 0 Å². The minimum absolute atomic E-state index is 0.516. The number of alkyl halides is 1. The molecule has 0 aromatic carbocycles. The molecule has 0 amide bonds. The first-order chi connectivity index (χ1) is 4.22. The third-order valence-corrected chi connectivity index (χ3v) is 2.37. The molecule has 0 aliphatic rings. The number of aldehydes is 1. The maximum atomic E-state index is 10.1. The third-order valence-electron chi connectivity index (χ3n) is 1.54. The summed E-state index contributed by atoms with van der Waals surface area (Å²) in [6.07, 6.45) is 1.68. The van der Waals surface area contributed by atoms with E-state index in [9.17, 15) is 4.79 Å². The zero-order chi connectivity index (χ0) is 7.28. The van der Waals surface area contributed by atoms with Crippen molar-refractivity contribution in [3.05, 3.63) is 0 Å². The Morgan fingerprint density at radius 3 is 2.22 bits per heavy atom. The van der Waals surface area contributed by atoms with Gasteiger partial charge in [-0.2, -0.15) is 0 Å². The molecule has 0 bridgehead atoms. The van der Waals surface area contributed by atoms with Crippen LogP contribution in [0.4, 0.5) is 0 Å². The summed E-state index contributed by atoms with van der Waals surface area (Å²) in [4.78, 5) is 10.1. The summed E-state index contributed by atoms with van der Waals surface area (Å²) in [7, 11) is 0. The molecule has 0 aliphatic heterocycles. The number of rotatable bonds is 4. The van der Waals surface area contributed by atoms with E-state index in [1.807, 2.05) is 0 Å². The molecule has 0 N–H and O–H groups in total. The second kappa shape index (κ2) is 4.98. The summed E-state index contributed by atoms with van der Waals surface area (Å²) in [5, 5.41) is 0.934. The van der Waals surface area contributed by atoms with Crippen LogP contribution in [0.2, 0.25) is 0 Å². The van der Waals surface area contributed by atoms with Crippen molar-refractivity contribution in [1.29, 1.82) is 0 Å². The maximum absolute atomic E-state index is 10.1.